The minimum absolute atomic E-state index is 0.00500. The molecule has 266 valence electrons. The monoisotopic (exact) mass is 719 g/mol. The van der Waals surface area contributed by atoms with E-state index in [0.29, 0.717) is 22.2 Å². The molecule has 1 fully saturated rings. The fraction of sp³-hybridized carbons (Fsp3) is 0.257. The van der Waals surface area contributed by atoms with E-state index in [9.17, 15) is 38.3 Å². The van der Waals surface area contributed by atoms with Gasteiger partial charge in [-0.3, -0.25) is 28.8 Å². The van der Waals surface area contributed by atoms with Gasteiger partial charge in [-0.25, -0.2) is 4.39 Å². The van der Waals surface area contributed by atoms with Gasteiger partial charge in [-0.15, -0.1) is 0 Å². The maximum Gasteiger partial charge on any atom is 0.268 e. The SMILES string of the molecule is NC(=O)CC[C@H](NC(=O)c1cc2cc(N3CC[C@](O)(C(=O)NCc4cc(F)cc(Cl)c4)C3=O)ccc2[nH]1)C(=O)N[C@@H](Cc1ccccc1)C(N)=O. The van der Waals surface area contributed by atoms with E-state index in [1.807, 2.05) is 0 Å². The number of carbonyl (C=O) groups excluding carboxylic acids is 6. The molecule has 5 rings (SSSR count). The van der Waals surface area contributed by atoms with Crippen molar-refractivity contribution >= 4 is 63.6 Å². The largest absolute Gasteiger partial charge is 0.372 e. The fourth-order valence-electron chi connectivity index (χ4n) is 5.75. The predicted octanol–water partition coefficient (Wildman–Crippen LogP) is 1.32. The molecule has 6 amide bonds. The van der Waals surface area contributed by atoms with Crippen molar-refractivity contribution in [3.63, 3.8) is 0 Å². The summed E-state index contributed by atoms with van der Waals surface area (Å²) in [6.07, 6.45) is -0.495. The van der Waals surface area contributed by atoms with Gasteiger partial charge < -0.3 is 42.4 Å². The number of benzene rings is 3. The number of aliphatic hydroxyl groups is 1. The summed E-state index contributed by atoms with van der Waals surface area (Å²) in [6.45, 7) is -0.165. The molecule has 1 aromatic heterocycles. The molecular weight excluding hydrogens is 685 g/mol. The number of aromatic nitrogens is 1. The first-order valence-corrected chi connectivity index (χ1v) is 16.2. The topological polar surface area (TPSA) is 230 Å². The highest BCUT2D eigenvalue weighted by molar-refractivity contribution is 6.30. The third kappa shape index (κ3) is 8.69. The van der Waals surface area contributed by atoms with Gasteiger partial charge in [-0.1, -0.05) is 41.9 Å². The van der Waals surface area contributed by atoms with Crippen LogP contribution in [0.5, 0.6) is 0 Å². The summed E-state index contributed by atoms with van der Waals surface area (Å²) in [7, 11) is 0. The van der Waals surface area contributed by atoms with E-state index in [-0.39, 0.29) is 49.5 Å². The van der Waals surface area contributed by atoms with E-state index < -0.39 is 58.9 Å². The molecule has 16 heteroatoms. The molecule has 3 atom stereocenters. The highest BCUT2D eigenvalue weighted by atomic mass is 35.5. The van der Waals surface area contributed by atoms with Gasteiger partial charge in [-0.2, -0.15) is 0 Å². The van der Waals surface area contributed by atoms with Crippen molar-refractivity contribution < 1.29 is 38.3 Å². The molecule has 2 heterocycles. The van der Waals surface area contributed by atoms with Crippen LogP contribution in [0.15, 0.2) is 72.8 Å². The Morgan fingerprint density at radius 1 is 0.961 bits per heavy atom. The first-order valence-electron chi connectivity index (χ1n) is 15.9. The summed E-state index contributed by atoms with van der Waals surface area (Å²) >= 11 is 5.86. The minimum atomic E-state index is -2.37. The second-order valence-corrected chi connectivity index (χ2v) is 12.6. The number of rotatable bonds is 14. The Balaban J connectivity index is 1.27. The Hall–Kier alpha value is -5.80. The molecule has 51 heavy (non-hydrogen) atoms. The molecule has 14 nitrogen and oxygen atoms in total. The number of hydrogen-bond acceptors (Lipinski definition) is 7. The number of amides is 6. The molecule has 0 spiro atoms. The number of aromatic amines is 1. The van der Waals surface area contributed by atoms with Crippen LogP contribution < -0.4 is 32.3 Å². The van der Waals surface area contributed by atoms with Crippen LogP contribution in [0.1, 0.15) is 40.9 Å². The molecule has 3 aromatic carbocycles. The fourth-order valence-corrected chi connectivity index (χ4v) is 5.99. The number of nitrogens with two attached hydrogens (primary N) is 2. The van der Waals surface area contributed by atoms with Crippen molar-refractivity contribution in [2.45, 2.75) is 49.9 Å². The van der Waals surface area contributed by atoms with Crippen LogP contribution in [0.3, 0.4) is 0 Å². The van der Waals surface area contributed by atoms with Gasteiger partial charge >= 0.3 is 0 Å². The maximum atomic E-state index is 13.7. The van der Waals surface area contributed by atoms with Gasteiger partial charge in [-0.05, 0) is 60.0 Å². The summed E-state index contributed by atoms with van der Waals surface area (Å²) in [5.41, 5.74) is 10.4. The summed E-state index contributed by atoms with van der Waals surface area (Å²) < 4.78 is 13.7. The number of fused-ring (bicyclic) bond motifs is 1. The van der Waals surface area contributed by atoms with Crippen LogP contribution in [0.4, 0.5) is 10.1 Å². The standard InChI is InChI=1S/C35H35ClFN7O7/c36-22-12-20(13-23(37)17-22)18-40-33(49)35(51)10-11-44(34(35)50)24-6-7-25-21(15-24)16-28(41-25)32(48)42-26(8-9-29(38)45)31(47)43-27(30(39)46)14-19-4-2-1-3-5-19/h1-7,12-13,15-17,26-27,41,51H,8-11,14,18H2,(H2,38,45)(H2,39,46)(H,40,49)(H,42,48)(H,43,47)/t26-,27-,35-/m0/s1. The number of anilines is 1. The average molecular weight is 720 g/mol. The van der Waals surface area contributed by atoms with Gasteiger partial charge in [0.15, 0.2) is 0 Å². The van der Waals surface area contributed by atoms with Crippen molar-refractivity contribution in [3.8, 4) is 0 Å². The number of nitrogens with one attached hydrogen (secondary N) is 4. The maximum absolute atomic E-state index is 13.7. The van der Waals surface area contributed by atoms with Crippen LogP contribution in [-0.4, -0.2) is 69.8 Å². The third-order valence-corrected chi connectivity index (χ3v) is 8.67. The van der Waals surface area contributed by atoms with E-state index in [1.165, 1.54) is 23.1 Å². The van der Waals surface area contributed by atoms with Crippen molar-refractivity contribution in [1.82, 2.24) is 20.9 Å². The molecule has 9 N–H and O–H groups in total. The molecule has 1 aliphatic heterocycles. The molecule has 1 saturated heterocycles. The zero-order valence-electron chi connectivity index (χ0n) is 27.1. The number of primary amides is 2. The summed E-state index contributed by atoms with van der Waals surface area (Å²) in [6, 6.07) is 16.5. The number of halogens is 2. The summed E-state index contributed by atoms with van der Waals surface area (Å²) in [5.74, 6) is -5.36. The van der Waals surface area contributed by atoms with Crippen LogP contribution in [-0.2, 0) is 36.9 Å². The summed E-state index contributed by atoms with van der Waals surface area (Å²) in [4.78, 5) is 80.7. The zero-order chi connectivity index (χ0) is 36.9. The molecule has 0 radical (unpaired) electrons. The van der Waals surface area contributed by atoms with Crippen molar-refractivity contribution in [3.05, 3.63) is 100 Å². The lowest BCUT2D eigenvalue weighted by atomic mass is 10.0. The molecule has 4 aromatic rings. The number of carbonyl (C=O) groups is 6. The van der Waals surface area contributed by atoms with Crippen molar-refractivity contribution in [2.75, 3.05) is 11.4 Å². The Labute approximate surface area is 295 Å². The predicted molar refractivity (Wildman–Crippen MR) is 184 cm³/mol. The van der Waals surface area contributed by atoms with E-state index in [2.05, 4.69) is 20.9 Å². The quantitative estimate of drug-likeness (QED) is 0.0945. The number of hydrogen-bond donors (Lipinski definition) is 7. The lowest BCUT2D eigenvalue weighted by Gasteiger charge is -2.22. The molecule has 0 unspecified atom stereocenters. The number of nitrogens with zero attached hydrogens (tertiary/aromatic N) is 1. The van der Waals surface area contributed by atoms with Crippen molar-refractivity contribution in [1.29, 1.82) is 0 Å². The Bertz CT molecular complexity index is 1990. The van der Waals surface area contributed by atoms with Crippen LogP contribution in [0.2, 0.25) is 5.02 Å². The lowest BCUT2D eigenvalue weighted by Crippen LogP contribution is -2.53. The van der Waals surface area contributed by atoms with Gasteiger partial charge in [0.2, 0.25) is 23.3 Å². The average Bonchev–Trinajstić information content (AvgIpc) is 3.65. The zero-order valence-corrected chi connectivity index (χ0v) is 27.8. The van der Waals surface area contributed by atoms with Crippen LogP contribution in [0.25, 0.3) is 10.9 Å². The van der Waals surface area contributed by atoms with Crippen LogP contribution in [0, 0.1) is 5.82 Å². The molecule has 0 aliphatic carbocycles. The highest BCUT2D eigenvalue weighted by Gasteiger charge is 2.51. The van der Waals surface area contributed by atoms with Gasteiger partial charge in [0, 0.05) is 54.0 Å². The first-order chi connectivity index (χ1) is 24.2. The number of H-pyrrole nitrogens is 1. The molecule has 1 aliphatic rings. The minimum Gasteiger partial charge on any atom is -0.372 e. The molecule has 0 saturated carbocycles. The van der Waals surface area contributed by atoms with Crippen molar-refractivity contribution in [2.24, 2.45) is 11.5 Å². The van der Waals surface area contributed by atoms with E-state index in [1.54, 1.807) is 48.5 Å². The smallest absolute Gasteiger partial charge is 0.268 e. The Kier molecular flexibility index (Phi) is 11.0. The van der Waals surface area contributed by atoms with E-state index >= 15 is 0 Å². The van der Waals surface area contributed by atoms with Gasteiger partial charge in [0.1, 0.15) is 23.6 Å². The third-order valence-electron chi connectivity index (χ3n) is 8.45. The van der Waals surface area contributed by atoms with Gasteiger partial charge in [0.05, 0.1) is 0 Å². The first kappa shape index (κ1) is 36.5. The highest BCUT2D eigenvalue weighted by Crippen LogP contribution is 2.31. The van der Waals surface area contributed by atoms with Crippen LogP contribution >= 0.6 is 11.6 Å². The molecular formula is C35H35ClFN7O7. The second-order valence-electron chi connectivity index (χ2n) is 12.2. The Morgan fingerprint density at radius 2 is 1.71 bits per heavy atom. The Morgan fingerprint density at radius 3 is 2.39 bits per heavy atom. The summed E-state index contributed by atoms with van der Waals surface area (Å²) in [5, 5.41) is 19.3. The van der Waals surface area contributed by atoms with Gasteiger partial charge in [0.25, 0.3) is 17.7 Å². The van der Waals surface area contributed by atoms with E-state index in [4.69, 9.17) is 23.1 Å². The second kappa shape index (κ2) is 15.4. The lowest BCUT2D eigenvalue weighted by molar-refractivity contribution is -0.149. The van der Waals surface area contributed by atoms with E-state index in [0.717, 1.165) is 11.6 Å². The molecule has 0 bridgehead atoms. The normalized spacial score (nSPS) is 16.8.